The van der Waals surface area contributed by atoms with Gasteiger partial charge in [-0.05, 0) is 54.4 Å². The lowest BCUT2D eigenvalue weighted by atomic mass is 10.1. The van der Waals surface area contributed by atoms with Crippen LogP contribution in [0.3, 0.4) is 0 Å². The third-order valence-electron chi connectivity index (χ3n) is 4.42. The Hall–Kier alpha value is -1.81. The van der Waals surface area contributed by atoms with Crippen LogP contribution in [-0.4, -0.2) is 83.7 Å². The third-order valence-corrected chi connectivity index (χ3v) is 5.43. The lowest BCUT2D eigenvalue weighted by Gasteiger charge is -2.30. The summed E-state index contributed by atoms with van der Waals surface area (Å²) in [6.45, 7) is 11.4. The summed E-state index contributed by atoms with van der Waals surface area (Å²) in [4.78, 5) is 50.9. The van der Waals surface area contributed by atoms with Crippen molar-refractivity contribution in [2.24, 2.45) is 0 Å². The minimum absolute atomic E-state index is 0.0978. The minimum Gasteiger partial charge on any atom is -0.465 e. The van der Waals surface area contributed by atoms with Gasteiger partial charge in [0.1, 0.15) is 17.7 Å². The number of thioether (sulfide) groups is 1. The molecule has 1 N–H and O–H groups in total. The van der Waals surface area contributed by atoms with E-state index in [0.29, 0.717) is 26.0 Å². The van der Waals surface area contributed by atoms with Gasteiger partial charge in [0.15, 0.2) is 0 Å². The maximum Gasteiger partial charge on any atom is 0.329 e. The van der Waals surface area contributed by atoms with E-state index in [-0.39, 0.29) is 30.0 Å². The summed E-state index contributed by atoms with van der Waals surface area (Å²) in [5.41, 5.74) is -0.636. The number of nitrogens with zero attached hydrogens (tertiary/aromatic N) is 1. The summed E-state index contributed by atoms with van der Waals surface area (Å²) in [5.74, 6) is -1.22. The molecule has 0 aliphatic carbocycles. The van der Waals surface area contributed by atoms with Gasteiger partial charge in [0, 0.05) is 12.3 Å². The fourth-order valence-electron chi connectivity index (χ4n) is 3.16. The Kier molecular flexibility index (Phi) is 11.3. The van der Waals surface area contributed by atoms with Gasteiger partial charge < -0.3 is 19.1 Å². The Balaban J connectivity index is 2.75. The largest absolute Gasteiger partial charge is 0.465 e. The molecule has 9 nitrogen and oxygen atoms in total. The molecule has 1 aliphatic rings. The number of ether oxygens (including phenoxy) is 3. The molecule has 0 saturated carbocycles. The topological polar surface area (TPSA) is 111 Å². The number of rotatable bonds is 11. The van der Waals surface area contributed by atoms with E-state index in [1.807, 2.05) is 0 Å². The van der Waals surface area contributed by atoms with Gasteiger partial charge in [0.2, 0.25) is 5.91 Å². The number of carbonyl (C=O) groups excluding carboxylic acids is 4. The Labute approximate surface area is 188 Å². The molecule has 0 aromatic rings. The summed E-state index contributed by atoms with van der Waals surface area (Å²) in [7, 11) is 0. The van der Waals surface area contributed by atoms with Gasteiger partial charge in [-0.15, -0.1) is 11.8 Å². The molecule has 1 fully saturated rings. The molecule has 0 radical (unpaired) electrons. The number of esters is 3. The summed E-state index contributed by atoms with van der Waals surface area (Å²) >= 11 is 1.22. The normalized spacial score (nSPS) is 18.3. The zero-order valence-corrected chi connectivity index (χ0v) is 20.2. The Morgan fingerprint density at radius 1 is 1.13 bits per heavy atom. The average molecular weight is 461 g/mol. The van der Waals surface area contributed by atoms with Crippen LogP contribution < -0.4 is 5.32 Å². The second-order valence-corrected chi connectivity index (χ2v) is 9.27. The number of carbonyl (C=O) groups is 4. The molecular weight excluding hydrogens is 424 g/mol. The lowest BCUT2D eigenvalue weighted by Crippen LogP contribution is -2.54. The van der Waals surface area contributed by atoms with Gasteiger partial charge in [0.05, 0.1) is 25.0 Å². The maximum atomic E-state index is 13.0. The van der Waals surface area contributed by atoms with Gasteiger partial charge in [-0.1, -0.05) is 0 Å². The maximum absolute atomic E-state index is 13.0. The predicted molar refractivity (Wildman–Crippen MR) is 118 cm³/mol. The Morgan fingerprint density at radius 3 is 2.35 bits per heavy atom. The predicted octanol–water partition coefficient (Wildman–Crippen LogP) is 1.53. The van der Waals surface area contributed by atoms with Crippen LogP contribution in [0.2, 0.25) is 0 Å². The Bertz CT molecular complexity index is 636. The molecule has 0 aromatic carbocycles. The average Bonchev–Trinajstić information content (AvgIpc) is 3.15. The van der Waals surface area contributed by atoms with Crippen LogP contribution in [0.25, 0.3) is 0 Å². The standard InChI is InChI=1S/C21H36N2O7S/c1-7-28-17(24)13-31-12-15(19(26)29-8-2)22-14(3)18(25)23-11-9-10-16(23)20(27)30-21(4,5)6/h14-16,22H,7-13H2,1-6H3/t14?,15-,16-/m0/s1. The van der Waals surface area contributed by atoms with Crippen molar-refractivity contribution >= 4 is 35.6 Å². The van der Waals surface area contributed by atoms with E-state index in [9.17, 15) is 19.2 Å². The first-order valence-electron chi connectivity index (χ1n) is 10.7. The number of amides is 1. The molecular formula is C21H36N2O7S. The van der Waals surface area contributed by atoms with Crippen molar-refractivity contribution in [3.8, 4) is 0 Å². The van der Waals surface area contributed by atoms with Crippen LogP contribution in [0.15, 0.2) is 0 Å². The van der Waals surface area contributed by atoms with E-state index in [1.54, 1.807) is 41.5 Å². The van der Waals surface area contributed by atoms with Crippen molar-refractivity contribution in [1.82, 2.24) is 10.2 Å². The number of hydrogen-bond acceptors (Lipinski definition) is 9. The highest BCUT2D eigenvalue weighted by atomic mass is 32.2. The van der Waals surface area contributed by atoms with Crippen LogP contribution in [-0.2, 0) is 33.4 Å². The van der Waals surface area contributed by atoms with E-state index < -0.39 is 35.7 Å². The van der Waals surface area contributed by atoms with Crippen molar-refractivity contribution in [3.05, 3.63) is 0 Å². The van der Waals surface area contributed by atoms with E-state index in [1.165, 1.54) is 16.7 Å². The fraction of sp³-hybridized carbons (Fsp3) is 0.810. The van der Waals surface area contributed by atoms with E-state index in [0.717, 1.165) is 0 Å². The molecule has 0 spiro atoms. The SMILES string of the molecule is CCOC(=O)CSC[C@H](NC(C)C(=O)N1CCC[C@H]1C(=O)OC(C)(C)C)C(=O)OCC. The second-order valence-electron chi connectivity index (χ2n) is 8.24. The van der Waals surface area contributed by atoms with E-state index in [2.05, 4.69) is 5.32 Å². The zero-order chi connectivity index (χ0) is 23.6. The van der Waals surface area contributed by atoms with E-state index >= 15 is 0 Å². The first-order valence-corrected chi connectivity index (χ1v) is 11.8. The first kappa shape index (κ1) is 27.2. The lowest BCUT2D eigenvalue weighted by molar-refractivity contribution is -0.163. The van der Waals surface area contributed by atoms with Gasteiger partial charge in [0.25, 0.3) is 0 Å². The first-order chi connectivity index (χ1) is 14.5. The molecule has 1 saturated heterocycles. The number of likely N-dealkylation sites (tertiary alicyclic amines) is 1. The van der Waals surface area contributed by atoms with Crippen molar-refractivity contribution in [2.45, 2.75) is 78.1 Å². The molecule has 1 aliphatic heterocycles. The number of nitrogens with one attached hydrogen (secondary N) is 1. The fourth-order valence-corrected chi connectivity index (χ4v) is 3.99. The molecule has 178 valence electrons. The molecule has 1 rings (SSSR count). The van der Waals surface area contributed by atoms with Gasteiger partial charge in [-0.3, -0.25) is 19.7 Å². The molecule has 3 atom stereocenters. The summed E-state index contributed by atoms with van der Waals surface area (Å²) < 4.78 is 15.4. The van der Waals surface area contributed by atoms with Crippen molar-refractivity contribution in [1.29, 1.82) is 0 Å². The second kappa shape index (κ2) is 12.9. The van der Waals surface area contributed by atoms with Crippen LogP contribution in [0.4, 0.5) is 0 Å². The molecule has 1 heterocycles. The van der Waals surface area contributed by atoms with Crippen LogP contribution in [0.5, 0.6) is 0 Å². The van der Waals surface area contributed by atoms with Crippen LogP contribution in [0.1, 0.15) is 54.4 Å². The molecule has 0 aromatic heterocycles. The summed E-state index contributed by atoms with van der Waals surface area (Å²) in [5, 5.41) is 3.00. The molecule has 0 bridgehead atoms. The Morgan fingerprint density at radius 2 is 1.77 bits per heavy atom. The highest BCUT2D eigenvalue weighted by molar-refractivity contribution is 8.00. The van der Waals surface area contributed by atoms with Crippen LogP contribution in [0, 0.1) is 0 Å². The van der Waals surface area contributed by atoms with Crippen molar-refractivity contribution < 1.29 is 33.4 Å². The minimum atomic E-state index is -0.777. The van der Waals surface area contributed by atoms with Crippen molar-refractivity contribution in [2.75, 3.05) is 31.3 Å². The molecule has 10 heteroatoms. The van der Waals surface area contributed by atoms with Gasteiger partial charge in [-0.25, -0.2) is 4.79 Å². The smallest absolute Gasteiger partial charge is 0.329 e. The third kappa shape index (κ3) is 9.47. The van der Waals surface area contributed by atoms with Gasteiger partial charge in [-0.2, -0.15) is 0 Å². The van der Waals surface area contributed by atoms with E-state index in [4.69, 9.17) is 14.2 Å². The summed E-state index contributed by atoms with van der Waals surface area (Å²) in [6.07, 6.45) is 1.25. The monoisotopic (exact) mass is 460 g/mol. The number of hydrogen-bond donors (Lipinski definition) is 1. The van der Waals surface area contributed by atoms with Crippen molar-refractivity contribution in [3.63, 3.8) is 0 Å². The highest BCUT2D eigenvalue weighted by Crippen LogP contribution is 2.22. The summed E-state index contributed by atoms with van der Waals surface area (Å²) in [6, 6.07) is -2.13. The molecule has 1 amide bonds. The molecule has 31 heavy (non-hydrogen) atoms. The highest BCUT2D eigenvalue weighted by Gasteiger charge is 2.39. The molecule has 1 unspecified atom stereocenters. The van der Waals surface area contributed by atoms with Gasteiger partial charge >= 0.3 is 17.9 Å². The van der Waals surface area contributed by atoms with Crippen LogP contribution >= 0.6 is 11.8 Å². The quantitative estimate of drug-likeness (QED) is 0.362. The zero-order valence-electron chi connectivity index (χ0n) is 19.4.